The Kier molecular flexibility index (Phi) is 8.75. The first-order chi connectivity index (χ1) is 9.11. The van der Waals surface area contributed by atoms with E-state index in [1.807, 2.05) is 24.2 Å². The Balaban J connectivity index is 2.48. The quantitative estimate of drug-likeness (QED) is 0.728. The molecule has 4 heteroatoms. The Morgan fingerprint density at radius 2 is 2.11 bits per heavy atom. The first-order valence-electron chi connectivity index (χ1n) is 7.02. The molecule has 0 bridgehead atoms. The molecule has 0 spiro atoms. The van der Waals surface area contributed by atoms with Crippen LogP contribution in [0.1, 0.15) is 32.8 Å². The number of nitrogens with zero attached hydrogens (tertiary/aromatic N) is 1. The van der Waals surface area contributed by atoms with Gasteiger partial charge in [-0.05, 0) is 58.6 Å². The van der Waals surface area contributed by atoms with Gasteiger partial charge in [-0.1, -0.05) is 20.8 Å². The van der Waals surface area contributed by atoms with E-state index in [1.54, 1.807) is 0 Å². The Hall–Kier alpha value is -0.0600. The maximum absolute atomic E-state index is 4.24. The second kappa shape index (κ2) is 9.78. The summed E-state index contributed by atoms with van der Waals surface area (Å²) in [5.41, 5.74) is 1.30. The van der Waals surface area contributed by atoms with Crippen LogP contribution in [0.25, 0.3) is 0 Å². The third-order valence-electron chi connectivity index (χ3n) is 2.70. The lowest BCUT2D eigenvalue weighted by atomic mass is 10.1. The Bertz CT molecular complexity index is 358. The van der Waals surface area contributed by atoms with Crippen molar-refractivity contribution >= 4 is 27.7 Å². The van der Waals surface area contributed by atoms with Crippen LogP contribution < -0.4 is 5.32 Å². The van der Waals surface area contributed by atoms with Crippen LogP contribution in [0.15, 0.2) is 22.9 Å². The summed E-state index contributed by atoms with van der Waals surface area (Å²) in [5.74, 6) is 3.18. The molecule has 0 aromatic carbocycles. The van der Waals surface area contributed by atoms with Crippen molar-refractivity contribution in [2.45, 2.75) is 39.7 Å². The van der Waals surface area contributed by atoms with Gasteiger partial charge in [0.15, 0.2) is 0 Å². The first-order valence-corrected chi connectivity index (χ1v) is 8.97. The molecule has 2 nitrogen and oxygen atoms in total. The van der Waals surface area contributed by atoms with Gasteiger partial charge in [0, 0.05) is 28.7 Å². The molecular weight excluding hydrogens is 320 g/mol. The molecule has 1 heterocycles. The summed E-state index contributed by atoms with van der Waals surface area (Å²) in [6, 6.07) is 2.71. The lowest BCUT2D eigenvalue weighted by molar-refractivity contribution is 0.549. The van der Waals surface area contributed by atoms with E-state index in [4.69, 9.17) is 0 Å². The van der Waals surface area contributed by atoms with Gasteiger partial charge in [0.2, 0.25) is 0 Å². The highest BCUT2D eigenvalue weighted by molar-refractivity contribution is 9.10. The molecule has 0 radical (unpaired) electrons. The number of pyridine rings is 1. The fraction of sp³-hybridized carbons (Fsp3) is 0.667. The van der Waals surface area contributed by atoms with E-state index < -0.39 is 0 Å². The molecule has 0 aliphatic carbocycles. The van der Waals surface area contributed by atoms with Gasteiger partial charge in [0.1, 0.15) is 0 Å². The number of hydrogen-bond donors (Lipinski definition) is 1. The predicted octanol–water partition coefficient (Wildman–Crippen LogP) is 4.14. The number of nitrogens with one attached hydrogen (secondary N) is 1. The highest BCUT2D eigenvalue weighted by Gasteiger charge is 2.10. The second-order valence-corrected chi connectivity index (χ2v) is 7.29. The zero-order valence-corrected chi connectivity index (χ0v) is 14.6. The van der Waals surface area contributed by atoms with Gasteiger partial charge in [-0.2, -0.15) is 11.8 Å². The summed E-state index contributed by atoms with van der Waals surface area (Å²) in [6.45, 7) is 7.86. The Morgan fingerprint density at radius 3 is 2.74 bits per heavy atom. The van der Waals surface area contributed by atoms with Gasteiger partial charge in [0.05, 0.1) is 0 Å². The van der Waals surface area contributed by atoms with Crippen molar-refractivity contribution in [2.24, 2.45) is 5.92 Å². The standard InChI is InChI=1S/C15H25BrN2S/c1-4-5-18-15(11-19-10-12(2)3)7-13-6-14(16)9-17-8-13/h6,8-9,12,15,18H,4-5,7,10-11H2,1-3H3. The minimum absolute atomic E-state index is 0.541. The zero-order valence-electron chi connectivity index (χ0n) is 12.2. The minimum Gasteiger partial charge on any atom is -0.313 e. The van der Waals surface area contributed by atoms with E-state index in [1.165, 1.54) is 23.5 Å². The highest BCUT2D eigenvalue weighted by Crippen LogP contribution is 2.15. The number of thioether (sulfide) groups is 1. The van der Waals surface area contributed by atoms with Crippen LogP contribution in [0.2, 0.25) is 0 Å². The van der Waals surface area contributed by atoms with E-state index in [2.05, 4.69) is 53.1 Å². The van der Waals surface area contributed by atoms with Gasteiger partial charge in [-0.3, -0.25) is 4.98 Å². The topological polar surface area (TPSA) is 24.9 Å². The number of halogens is 1. The third kappa shape index (κ3) is 7.95. The molecule has 0 aliphatic rings. The molecule has 108 valence electrons. The fourth-order valence-electron chi connectivity index (χ4n) is 1.84. The van der Waals surface area contributed by atoms with Gasteiger partial charge >= 0.3 is 0 Å². The van der Waals surface area contributed by atoms with Crippen LogP contribution in [0.5, 0.6) is 0 Å². The lowest BCUT2D eigenvalue weighted by Crippen LogP contribution is -2.34. The van der Waals surface area contributed by atoms with Crippen LogP contribution >= 0.6 is 27.7 Å². The van der Waals surface area contributed by atoms with E-state index in [0.717, 1.165) is 23.4 Å². The second-order valence-electron chi connectivity index (χ2n) is 5.30. The normalized spacial score (nSPS) is 12.9. The smallest absolute Gasteiger partial charge is 0.0410 e. The van der Waals surface area contributed by atoms with Crippen molar-refractivity contribution in [3.8, 4) is 0 Å². The minimum atomic E-state index is 0.541. The summed E-state index contributed by atoms with van der Waals surface area (Å²) in [5, 5.41) is 3.65. The van der Waals surface area contributed by atoms with Gasteiger partial charge in [-0.25, -0.2) is 0 Å². The van der Waals surface area contributed by atoms with Crippen LogP contribution in [-0.4, -0.2) is 29.1 Å². The van der Waals surface area contributed by atoms with E-state index in [9.17, 15) is 0 Å². The average Bonchev–Trinajstić information content (AvgIpc) is 2.35. The summed E-state index contributed by atoms with van der Waals surface area (Å²) in [6.07, 6.45) is 6.05. The molecule has 0 fully saturated rings. The summed E-state index contributed by atoms with van der Waals surface area (Å²) >= 11 is 5.54. The number of rotatable bonds is 9. The zero-order chi connectivity index (χ0) is 14.1. The van der Waals surface area contributed by atoms with E-state index in [-0.39, 0.29) is 0 Å². The van der Waals surface area contributed by atoms with Crippen molar-refractivity contribution in [1.29, 1.82) is 0 Å². The van der Waals surface area contributed by atoms with Crippen molar-refractivity contribution in [1.82, 2.24) is 10.3 Å². The van der Waals surface area contributed by atoms with Crippen LogP contribution in [0.4, 0.5) is 0 Å². The average molecular weight is 345 g/mol. The first kappa shape index (κ1) is 17.0. The number of aromatic nitrogens is 1. The van der Waals surface area contributed by atoms with E-state index >= 15 is 0 Å². The van der Waals surface area contributed by atoms with Crippen molar-refractivity contribution in [2.75, 3.05) is 18.1 Å². The molecule has 19 heavy (non-hydrogen) atoms. The van der Waals surface area contributed by atoms with Gasteiger partial charge in [0.25, 0.3) is 0 Å². The monoisotopic (exact) mass is 344 g/mol. The Labute approximate surface area is 130 Å². The van der Waals surface area contributed by atoms with Gasteiger partial charge in [-0.15, -0.1) is 0 Å². The van der Waals surface area contributed by atoms with E-state index in [0.29, 0.717) is 6.04 Å². The summed E-state index contributed by atoms with van der Waals surface area (Å²) in [4.78, 5) is 4.24. The number of hydrogen-bond acceptors (Lipinski definition) is 3. The van der Waals surface area contributed by atoms with Crippen molar-refractivity contribution in [3.05, 3.63) is 28.5 Å². The maximum atomic E-state index is 4.24. The molecule has 0 aliphatic heterocycles. The fourth-order valence-corrected chi connectivity index (χ4v) is 3.38. The molecule has 1 N–H and O–H groups in total. The summed E-state index contributed by atoms with van der Waals surface area (Å²) in [7, 11) is 0. The maximum Gasteiger partial charge on any atom is 0.0410 e. The molecule has 0 saturated heterocycles. The predicted molar refractivity (Wildman–Crippen MR) is 89.9 cm³/mol. The molecule has 1 aromatic rings. The molecule has 1 unspecified atom stereocenters. The summed E-state index contributed by atoms with van der Waals surface area (Å²) < 4.78 is 1.06. The Morgan fingerprint density at radius 1 is 1.32 bits per heavy atom. The van der Waals surface area contributed by atoms with Gasteiger partial charge < -0.3 is 5.32 Å². The molecule has 1 aromatic heterocycles. The van der Waals surface area contributed by atoms with Crippen LogP contribution in [0.3, 0.4) is 0 Å². The highest BCUT2D eigenvalue weighted by atomic mass is 79.9. The van der Waals surface area contributed by atoms with Crippen molar-refractivity contribution in [3.63, 3.8) is 0 Å². The SMILES string of the molecule is CCCNC(CSCC(C)C)Cc1cncc(Br)c1. The lowest BCUT2D eigenvalue weighted by Gasteiger charge is -2.19. The molecule has 1 rings (SSSR count). The molecule has 0 saturated carbocycles. The molecule has 1 atom stereocenters. The van der Waals surface area contributed by atoms with Crippen LogP contribution in [0, 0.1) is 5.92 Å². The van der Waals surface area contributed by atoms with Crippen molar-refractivity contribution < 1.29 is 0 Å². The largest absolute Gasteiger partial charge is 0.313 e. The molecular formula is C15H25BrN2S. The third-order valence-corrected chi connectivity index (χ3v) is 4.67. The molecule has 0 amide bonds. The van der Waals surface area contributed by atoms with Crippen LogP contribution in [-0.2, 0) is 6.42 Å².